The van der Waals surface area contributed by atoms with E-state index in [0.717, 1.165) is 6.42 Å². The van der Waals surface area contributed by atoms with Gasteiger partial charge in [-0.1, -0.05) is 0 Å². The van der Waals surface area contributed by atoms with E-state index in [1.54, 1.807) is 11.8 Å². The molecule has 2 rings (SSSR count). The van der Waals surface area contributed by atoms with Crippen LogP contribution >= 0.6 is 0 Å². The minimum Gasteiger partial charge on any atom is -0.396 e. The van der Waals surface area contributed by atoms with Gasteiger partial charge in [0.15, 0.2) is 0 Å². The lowest BCUT2D eigenvalue weighted by atomic mass is 9.98. The number of amides is 1. The first kappa shape index (κ1) is 13.8. The van der Waals surface area contributed by atoms with Gasteiger partial charge in [-0.15, -0.1) is 0 Å². The Labute approximate surface area is 112 Å². The molecule has 1 unspecified atom stereocenters. The molecule has 0 spiro atoms. The number of aliphatic hydroxyl groups is 1. The van der Waals surface area contributed by atoms with Gasteiger partial charge in [0.05, 0.1) is 11.3 Å². The van der Waals surface area contributed by atoms with Gasteiger partial charge in [0.25, 0.3) is 5.91 Å². The molecule has 104 valence electrons. The number of nitrogen functional groups attached to an aromatic ring is 1. The quantitative estimate of drug-likeness (QED) is 0.761. The second-order valence-corrected chi connectivity index (χ2v) is 5.38. The van der Waals surface area contributed by atoms with Crippen LogP contribution in [-0.4, -0.2) is 34.6 Å². The molecule has 1 aromatic rings. The molecule has 1 aliphatic heterocycles. The molecular weight excluding hydrogens is 247 g/mol. The molecule has 0 aliphatic carbocycles. The monoisotopic (exact) mass is 266 g/mol. The standard InChI is InChI=1S/C14H19FN2O2/c1-14(19)5-2-7-17(8-6-14)13(18)10-3-4-11(15)12(16)9-10/h3-4,9,19H,2,5-8,16H2,1H3. The molecule has 1 aromatic carbocycles. The number of likely N-dealkylation sites (tertiary alicyclic amines) is 1. The number of anilines is 1. The summed E-state index contributed by atoms with van der Waals surface area (Å²) in [5.74, 6) is -0.681. The Hall–Kier alpha value is -1.62. The summed E-state index contributed by atoms with van der Waals surface area (Å²) >= 11 is 0. The van der Waals surface area contributed by atoms with E-state index in [4.69, 9.17) is 5.73 Å². The third-order valence-corrected chi connectivity index (χ3v) is 3.59. The predicted octanol–water partition coefficient (Wildman–Crippen LogP) is 1.79. The molecule has 0 aromatic heterocycles. The molecule has 1 heterocycles. The molecule has 5 heteroatoms. The minimum absolute atomic E-state index is 0.0207. The molecular formula is C14H19FN2O2. The van der Waals surface area contributed by atoms with Gasteiger partial charge in [-0.05, 0) is 44.4 Å². The maximum absolute atomic E-state index is 13.1. The summed E-state index contributed by atoms with van der Waals surface area (Å²) in [5.41, 5.74) is 5.13. The fourth-order valence-electron chi connectivity index (χ4n) is 2.33. The van der Waals surface area contributed by atoms with Gasteiger partial charge in [0.2, 0.25) is 0 Å². The predicted molar refractivity (Wildman–Crippen MR) is 71.2 cm³/mol. The van der Waals surface area contributed by atoms with Crippen LogP contribution in [0.25, 0.3) is 0 Å². The highest BCUT2D eigenvalue weighted by Crippen LogP contribution is 2.23. The van der Waals surface area contributed by atoms with E-state index in [9.17, 15) is 14.3 Å². The van der Waals surface area contributed by atoms with E-state index < -0.39 is 11.4 Å². The van der Waals surface area contributed by atoms with Crippen molar-refractivity contribution in [1.29, 1.82) is 0 Å². The van der Waals surface area contributed by atoms with Crippen molar-refractivity contribution in [3.8, 4) is 0 Å². The molecule has 4 nitrogen and oxygen atoms in total. The maximum Gasteiger partial charge on any atom is 0.253 e. The normalized spacial score (nSPS) is 24.1. The van der Waals surface area contributed by atoms with Crippen molar-refractivity contribution in [2.24, 2.45) is 0 Å². The Kier molecular flexibility index (Phi) is 3.75. The van der Waals surface area contributed by atoms with Crippen LogP contribution in [-0.2, 0) is 0 Å². The molecule has 1 fully saturated rings. The molecule has 1 saturated heterocycles. The second kappa shape index (κ2) is 5.17. The number of hydrogen-bond acceptors (Lipinski definition) is 3. The summed E-state index contributed by atoms with van der Waals surface area (Å²) < 4.78 is 13.1. The van der Waals surface area contributed by atoms with E-state index in [-0.39, 0.29) is 11.6 Å². The molecule has 0 radical (unpaired) electrons. The SMILES string of the molecule is CC1(O)CCCN(C(=O)c2ccc(F)c(N)c2)CC1. The Morgan fingerprint density at radius 2 is 2.16 bits per heavy atom. The van der Waals surface area contributed by atoms with Crippen LogP contribution in [0.2, 0.25) is 0 Å². The zero-order valence-corrected chi connectivity index (χ0v) is 11.0. The van der Waals surface area contributed by atoms with E-state index in [2.05, 4.69) is 0 Å². The van der Waals surface area contributed by atoms with Crippen molar-refractivity contribution in [3.05, 3.63) is 29.6 Å². The fourth-order valence-corrected chi connectivity index (χ4v) is 2.33. The van der Waals surface area contributed by atoms with Crippen LogP contribution in [0.3, 0.4) is 0 Å². The van der Waals surface area contributed by atoms with Crippen LogP contribution in [0.1, 0.15) is 36.5 Å². The van der Waals surface area contributed by atoms with E-state index in [1.807, 2.05) is 0 Å². The van der Waals surface area contributed by atoms with E-state index in [1.165, 1.54) is 18.2 Å². The highest BCUT2D eigenvalue weighted by molar-refractivity contribution is 5.95. The van der Waals surface area contributed by atoms with Gasteiger partial charge in [0, 0.05) is 18.7 Å². The zero-order chi connectivity index (χ0) is 14.0. The highest BCUT2D eigenvalue weighted by Gasteiger charge is 2.27. The number of hydrogen-bond donors (Lipinski definition) is 2. The van der Waals surface area contributed by atoms with Gasteiger partial charge >= 0.3 is 0 Å². The second-order valence-electron chi connectivity index (χ2n) is 5.38. The van der Waals surface area contributed by atoms with Crippen molar-refractivity contribution >= 4 is 11.6 Å². The molecule has 1 amide bonds. The first-order valence-electron chi connectivity index (χ1n) is 6.46. The number of carbonyl (C=O) groups is 1. The van der Waals surface area contributed by atoms with Crippen molar-refractivity contribution in [1.82, 2.24) is 4.90 Å². The summed E-state index contributed by atoms with van der Waals surface area (Å²) in [6.07, 6.45) is 1.99. The van der Waals surface area contributed by atoms with Gasteiger partial charge in [0.1, 0.15) is 5.82 Å². The van der Waals surface area contributed by atoms with Crippen molar-refractivity contribution in [2.75, 3.05) is 18.8 Å². The average molecular weight is 266 g/mol. The molecule has 19 heavy (non-hydrogen) atoms. The third kappa shape index (κ3) is 3.23. The molecule has 1 aliphatic rings. The smallest absolute Gasteiger partial charge is 0.253 e. The number of nitrogens with zero attached hydrogens (tertiary/aromatic N) is 1. The van der Waals surface area contributed by atoms with Gasteiger partial charge in [-0.2, -0.15) is 0 Å². The first-order chi connectivity index (χ1) is 8.89. The first-order valence-corrected chi connectivity index (χ1v) is 6.46. The topological polar surface area (TPSA) is 66.6 Å². The zero-order valence-electron chi connectivity index (χ0n) is 11.0. The summed E-state index contributed by atoms with van der Waals surface area (Å²) in [6.45, 7) is 2.90. The minimum atomic E-state index is -0.711. The van der Waals surface area contributed by atoms with Crippen LogP contribution in [0, 0.1) is 5.82 Å². The fraction of sp³-hybridized carbons (Fsp3) is 0.500. The van der Waals surface area contributed by atoms with Gasteiger partial charge in [-0.25, -0.2) is 4.39 Å². The van der Waals surface area contributed by atoms with Crippen molar-refractivity contribution < 1.29 is 14.3 Å². The molecule has 0 bridgehead atoms. The van der Waals surface area contributed by atoms with Crippen LogP contribution in [0.15, 0.2) is 18.2 Å². The lowest BCUT2D eigenvalue weighted by Gasteiger charge is -2.22. The summed E-state index contributed by atoms with van der Waals surface area (Å²) in [4.78, 5) is 14.0. The van der Waals surface area contributed by atoms with E-state index in [0.29, 0.717) is 31.5 Å². The Morgan fingerprint density at radius 1 is 1.42 bits per heavy atom. The average Bonchev–Trinajstić information content (AvgIpc) is 2.53. The summed E-state index contributed by atoms with van der Waals surface area (Å²) in [5, 5.41) is 10.00. The van der Waals surface area contributed by atoms with Gasteiger partial charge in [-0.3, -0.25) is 4.79 Å². The largest absolute Gasteiger partial charge is 0.396 e. The van der Waals surface area contributed by atoms with Crippen LogP contribution in [0.4, 0.5) is 10.1 Å². The number of nitrogens with two attached hydrogens (primary N) is 1. The molecule has 1 atom stereocenters. The molecule has 3 N–H and O–H groups in total. The number of rotatable bonds is 1. The Morgan fingerprint density at radius 3 is 2.84 bits per heavy atom. The van der Waals surface area contributed by atoms with Crippen molar-refractivity contribution in [2.45, 2.75) is 31.8 Å². The third-order valence-electron chi connectivity index (χ3n) is 3.59. The summed E-state index contributed by atoms with van der Waals surface area (Å²) in [7, 11) is 0. The lowest BCUT2D eigenvalue weighted by molar-refractivity contribution is 0.0438. The maximum atomic E-state index is 13.1. The summed E-state index contributed by atoms with van der Waals surface area (Å²) in [6, 6.07) is 4.01. The number of halogens is 1. The van der Waals surface area contributed by atoms with E-state index >= 15 is 0 Å². The highest BCUT2D eigenvalue weighted by atomic mass is 19.1. The number of benzene rings is 1. The molecule has 0 saturated carbocycles. The van der Waals surface area contributed by atoms with Crippen LogP contribution in [0.5, 0.6) is 0 Å². The number of carbonyl (C=O) groups excluding carboxylic acids is 1. The van der Waals surface area contributed by atoms with Crippen LogP contribution < -0.4 is 5.73 Å². The van der Waals surface area contributed by atoms with Crippen molar-refractivity contribution in [3.63, 3.8) is 0 Å². The Bertz CT molecular complexity index is 488. The Balaban J connectivity index is 2.13. The van der Waals surface area contributed by atoms with Gasteiger partial charge < -0.3 is 15.7 Å². The lowest BCUT2D eigenvalue weighted by Crippen LogP contribution is -2.33.